The van der Waals surface area contributed by atoms with Gasteiger partial charge in [-0.15, -0.1) is 0 Å². The summed E-state index contributed by atoms with van der Waals surface area (Å²) in [5, 5.41) is 9.18. The molecule has 2 heteroatoms. The molecular weight excluding hydrogens is 150 g/mol. The molecule has 0 aromatic carbocycles. The summed E-state index contributed by atoms with van der Waals surface area (Å²) < 4.78 is 0. The lowest BCUT2D eigenvalue weighted by atomic mass is 9.97. The van der Waals surface area contributed by atoms with Crippen LogP contribution < -0.4 is 0 Å². The van der Waals surface area contributed by atoms with Crippen molar-refractivity contribution in [2.24, 2.45) is 0 Å². The van der Waals surface area contributed by atoms with Crippen molar-refractivity contribution >= 4 is 0 Å². The van der Waals surface area contributed by atoms with Crippen molar-refractivity contribution in [2.45, 2.75) is 57.2 Å². The van der Waals surface area contributed by atoms with Crippen LogP contribution >= 0.6 is 0 Å². The van der Waals surface area contributed by atoms with Crippen molar-refractivity contribution in [3.05, 3.63) is 0 Å². The van der Waals surface area contributed by atoms with Gasteiger partial charge < -0.3 is 5.11 Å². The molecule has 70 valence electrons. The molecule has 0 saturated carbocycles. The highest BCUT2D eigenvalue weighted by molar-refractivity contribution is 4.93. The first-order chi connectivity index (χ1) is 5.83. The molecule has 1 N–H and O–H groups in total. The minimum Gasteiger partial charge on any atom is -0.395 e. The van der Waals surface area contributed by atoms with Gasteiger partial charge in [-0.05, 0) is 32.6 Å². The normalized spacial score (nSPS) is 43.0. The van der Waals surface area contributed by atoms with Gasteiger partial charge in [0.1, 0.15) is 0 Å². The van der Waals surface area contributed by atoms with Crippen molar-refractivity contribution in [2.75, 3.05) is 6.61 Å². The van der Waals surface area contributed by atoms with E-state index in [1.807, 2.05) is 0 Å². The van der Waals surface area contributed by atoms with Crippen LogP contribution in [0.1, 0.15) is 39.0 Å². The SMILES string of the molecule is C[C@H]1CCC[C@@H]2CC[C@@H](CO)N21. The van der Waals surface area contributed by atoms with Crippen molar-refractivity contribution in [3.63, 3.8) is 0 Å². The van der Waals surface area contributed by atoms with Gasteiger partial charge in [0.2, 0.25) is 0 Å². The van der Waals surface area contributed by atoms with E-state index in [-0.39, 0.29) is 0 Å². The molecule has 12 heavy (non-hydrogen) atoms. The largest absolute Gasteiger partial charge is 0.395 e. The van der Waals surface area contributed by atoms with Gasteiger partial charge in [-0.3, -0.25) is 4.90 Å². The van der Waals surface area contributed by atoms with E-state index in [1.165, 1.54) is 32.1 Å². The molecule has 0 amide bonds. The third-order valence-corrected chi connectivity index (χ3v) is 3.56. The average molecular weight is 169 g/mol. The summed E-state index contributed by atoms with van der Waals surface area (Å²) in [5.74, 6) is 0. The van der Waals surface area contributed by atoms with E-state index in [2.05, 4.69) is 11.8 Å². The molecule has 0 bridgehead atoms. The minimum absolute atomic E-state index is 0.362. The molecule has 0 spiro atoms. The second kappa shape index (κ2) is 3.35. The van der Waals surface area contributed by atoms with E-state index in [4.69, 9.17) is 0 Å². The first-order valence-electron chi connectivity index (χ1n) is 5.21. The fourth-order valence-electron chi connectivity index (χ4n) is 2.98. The number of aliphatic hydroxyl groups is 1. The summed E-state index contributed by atoms with van der Waals surface area (Å²) in [7, 11) is 0. The van der Waals surface area contributed by atoms with Crippen molar-refractivity contribution in [1.29, 1.82) is 0 Å². The van der Waals surface area contributed by atoms with Crippen molar-refractivity contribution in [1.82, 2.24) is 4.90 Å². The first kappa shape index (κ1) is 8.52. The number of hydrogen-bond acceptors (Lipinski definition) is 2. The van der Waals surface area contributed by atoms with Gasteiger partial charge >= 0.3 is 0 Å². The van der Waals surface area contributed by atoms with E-state index in [0.717, 1.165) is 6.04 Å². The second-order valence-electron chi connectivity index (χ2n) is 4.29. The Balaban J connectivity index is 2.06. The maximum Gasteiger partial charge on any atom is 0.0587 e. The summed E-state index contributed by atoms with van der Waals surface area (Å²) in [5.41, 5.74) is 0. The Labute approximate surface area is 74.6 Å². The Morgan fingerprint density at radius 1 is 1.25 bits per heavy atom. The van der Waals surface area contributed by atoms with Crippen molar-refractivity contribution in [3.8, 4) is 0 Å². The van der Waals surface area contributed by atoms with Crippen LogP contribution in [0.5, 0.6) is 0 Å². The molecule has 2 rings (SSSR count). The van der Waals surface area contributed by atoms with Gasteiger partial charge in [-0.1, -0.05) is 6.42 Å². The molecule has 0 aromatic heterocycles. The third kappa shape index (κ3) is 1.27. The van der Waals surface area contributed by atoms with Crippen LogP contribution in [-0.2, 0) is 0 Å². The van der Waals surface area contributed by atoms with Gasteiger partial charge in [0.15, 0.2) is 0 Å². The topological polar surface area (TPSA) is 23.5 Å². The standard InChI is InChI=1S/C10H19NO/c1-8-3-2-4-9-5-6-10(7-12)11(8)9/h8-10,12H,2-7H2,1H3/t8-,9+,10-/m0/s1. The zero-order chi connectivity index (χ0) is 8.55. The molecule has 2 heterocycles. The Hall–Kier alpha value is -0.0800. The van der Waals surface area contributed by atoms with Crippen LogP contribution in [0, 0.1) is 0 Å². The summed E-state index contributed by atoms with van der Waals surface area (Å²) >= 11 is 0. The molecule has 2 fully saturated rings. The van der Waals surface area contributed by atoms with Gasteiger partial charge in [0, 0.05) is 18.1 Å². The predicted molar refractivity (Wildman–Crippen MR) is 49.0 cm³/mol. The zero-order valence-electron chi connectivity index (χ0n) is 7.87. The number of aliphatic hydroxyl groups excluding tert-OH is 1. The number of piperidine rings is 1. The number of fused-ring (bicyclic) bond motifs is 1. The van der Waals surface area contributed by atoms with Gasteiger partial charge in [0.25, 0.3) is 0 Å². The highest BCUT2D eigenvalue weighted by Gasteiger charge is 2.37. The Morgan fingerprint density at radius 3 is 2.83 bits per heavy atom. The van der Waals surface area contributed by atoms with Crippen LogP contribution in [-0.4, -0.2) is 34.7 Å². The summed E-state index contributed by atoms with van der Waals surface area (Å²) in [6.45, 7) is 2.67. The predicted octanol–water partition coefficient (Wildman–Crippen LogP) is 1.38. The maximum atomic E-state index is 9.18. The van der Waals surface area contributed by atoms with Gasteiger partial charge in [-0.2, -0.15) is 0 Å². The highest BCUT2D eigenvalue weighted by atomic mass is 16.3. The zero-order valence-corrected chi connectivity index (χ0v) is 7.87. The molecule has 0 aromatic rings. The molecule has 2 aliphatic heterocycles. The van der Waals surface area contributed by atoms with E-state index in [0.29, 0.717) is 18.7 Å². The second-order valence-corrected chi connectivity index (χ2v) is 4.29. The Bertz CT molecular complexity index is 154. The Kier molecular flexibility index (Phi) is 2.37. The van der Waals surface area contributed by atoms with E-state index in [9.17, 15) is 5.11 Å². The number of hydrogen-bond donors (Lipinski definition) is 1. The van der Waals surface area contributed by atoms with Crippen LogP contribution in [0.2, 0.25) is 0 Å². The molecule has 0 radical (unpaired) electrons. The average Bonchev–Trinajstić information content (AvgIpc) is 2.49. The van der Waals surface area contributed by atoms with Crippen LogP contribution in [0.15, 0.2) is 0 Å². The van der Waals surface area contributed by atoms with Crippen LogP contribution in [0.4, 0.5) is 0 Å². The lowest BCUT2D eigenvalue weighted by Gasteiger charge is -2.39. The molecule has 2 aliphatic rings. The molecule has 0 unspecified atom stereocenters. The highest BCUT2D eigenvalue weighted by Crippen LogP contribution is 2.34. The summed E-state index contributed by atoms with van der Waals surface area (Å²) in [6.07, 6.45) is 6.61. The monoisotopic (exact) mass is 169 g/mol. The van der Waals surface area contributed by atoms with E-state index >= 15 is 0 Å². The van der Waals surface area contributed by atoms with Crippen LogP contribution in [0.3, 0.4) is 0 Å². The fourth-order valence-corrected chi connectivity index (χ4v) is 2.98. The molecular formula is C10H19NO. The van der Waals surface area contributed by atoms with Crippen molar-refractivity contribution < 1.29 is 5.11 Å². The summed E-state index contributed by atoms with van der Waals surface area (Å²) in [4.78, 5) is 2.56. The van der Waals surface area contributed by atoms with Gasteiger partial charge in [0.05, 0.1) is 6.61 Å². The maximum absolute atomic E-state index is 9.18. The minimum atomic E-state index is 0.362. The lowest BCUT2D eigenvalue weighted by Crippen LogP contribution is -2.46. The lowest BCUT2D eigenvalue weighted by molar-refractivity contribution is 0.0616. The number of rotatable bonds is 1. The van der Waals surface area contributed by atoms with E-state index < -0.39 is 0 Å². The molecule has 2 saturated heterocycles. The first-order valence-corrected chi connectivity index (χ1v) is 5.21. The number of nitrogens with zero attached hydrogens (tertiary/aromatic N) is 1. The molecule has 0 aliphatic carbocycles. The quantitative estimate of drug-likeness (QED) is 0.641. The fraction of sp³-hybridized carbons (Fsp3) is 1.00. The third-order valence-electron chi connectivity index (χ3n) is 3.56. The smallest absolute Gasteiger partial charge is 0.0587 e. The summed E-state index contributed by atoms with van der Waals surface area (Å²) in [6, 6.07) is 1.99. The van der Waals surface area contributed by atoms with E-state index in [1.54, 1.807) is 0 Å². The molecule has 3 atom stereocenters. The van der Waals surface area contributed by atoms with Gasteiger partial charge in [-0.25, -0.2) is 0 Å². The molecule has 2 nitrogen and oxygen atoms in total. The van der Waals surface area contributed by atoms with Crippen LogP contribution in [0.25, 0.3) is 0 Å². The Morgan fingerprint density at radius 2 is 2.08 bits per heavy atom.